The molecule has 1 aliphatic rings. The van der Waals surface area contributed by atoms with Gasteiger partial charge in [0.2, 0.25) is 0 Å². The zero-order chi connectivity index (χ0) is 11.7. The molecule has 1 saturated heterocycles. The maximum atomic E-state index is 11.3. The van der Waals surface area contributed by atoms with Crippen molar-refractivity contribution in [3.63, 3.8) is 0 Å². The molecule has 0 N–H and O–H groups in total. The number of pyridine rings is 1. The third-order valence-electron chi connectivity index (χ3n) is 3.29. The summed E-state index contributed by atoms with van der Waals surface area (Å²) in [6, 6.07) is 10.2. The molecule has 3 heteroatoms. The highest BCUT2D eigenvalue weighted by Crippen LogP contribution is 2.26. The van der Waals surface area contributed by atoms with E-state index in [4.69, 9.17) is 0 Å². The first-order chi connectivity index (χ1) is 8.34. The number of hydrogen-bond acceptors (Lipinski definition) is 3. The van der Waals surface area contributed by atoms with Crippen molar-refractivity contribution in [2.75, 3.05) is 18.0 Å². The van der Waals surface area contributed by atoms with E-state index in [-0.39, 0.29) is 0 Å². The Labute approximate surface area is 100 Å². The van der Waals surface area contributed by atoms with Crippen LogP contribution in [0.2, 0.25) is 0 Å². The van der Waals surface area contributed by atoms with E-state index >= 15 is 0 Å². The van der Waals surface area contributed by atoms with Gasteiger partial charge in [0.1, 0.15) is 5.78 Å². The van der Waals surface area contributed by atoms with Crippen LogP contribution >= 0.6 is 0 Å². The van der Waals surface area contributed by atoms with Gasteiger partial charge in [-0.1, -0.05) is 18.2 Å². The van der Waals surface area contributed by atoms with Gasteiger partial charge >= 0.3 is 0 Å². The number of fused-ring (bicyclic) bond motifs is 1. The summed E-state index contributed by atoms with van der Waals surface area (Å²) < 4.78 is 0. The average Bonchev–Trinajstić information content (AvgIpc) is 2.39. The van der Waals surface area contributed by atoms with Crippen LogP contribution in [0, 0.1) is 0 Å². The van der Waals surface area contributed by atoms with E-state index in [1.807, 2.05) is 30.5 Å². The van der Waals surface area contributed by atoms with Crippen LogP contribution in [0.3, 0.4) is 0 Å². The number of anilines is 1. The molecule has 1 aromatic carbocycles. The van der Waals surface area contributed by atoms with Gasteiger partial charge in [0.05, 0.1) is 5.52 Å². The molecule has 17 heavy (non-hydrogen) atoms. The van der Waals surface area contributed by atoms with E-state index in [0.29, 0.717) is 18.6 Å². The molecular formula is C14H14N2O. The second kappa shape index (κ2) is 4.17. The molecule has 0 atom stereocenters. The summed E-state index contributed by atoms with van der Waals surface area (Å²) in [6.45, 7) is 1.65. The second-order valence-corrected chi connectivity index (χ2v) is 4.37. The lowest BCUT2D eigenvalue weighted by Gasteiger charge is -2.29. The molecule has 3 rings (SSSR count). The molecule has 86 valence electrons. The number of nitrogens with zero attached hydrogens (tertiary/aromatic N) is 2. The summed E-state index contributed by atoms with van der Waals surface area (Å²) in [5.41, 5.74) is 2.21. The summed E-state index contributed by atoms with van der Waals surface area (Å²) in [4.78, 5) is 17.9. The third kappa shape index (κ3) is 1.88. The first kappa shape index (κ1) is 10.3. The van der Waals surface area contributed by atoms with Crippen molar-refractivity contribution in [1.82, 2.24) is 4.98 Å². The monoisotopic (exact) mass is 226 g/mol. The Morgan fingerprint density at radius 3 is 2.65 bits per heavy atom. The lowest BCUT2D eigenvalue weighted by atomic mass is 10.1. The number of para-hydroxylation sites is 1. The number of piperidine rings is 1. The standard InChI is InChI=1S/C14H14N2O/c17-11-6-9-16(10-7-11)14-5-8-15-13-4-2-1-3-12(13)14/h1-5,8H,6-7,9-10H2. The van der Waals surface area contributed by atoms with Gasteiger partial charge in [-0.05, 0) is 12.1 Å². The fourth-order valence-corrected chi connectivity index (χ4v) is 2.35. The number of rotatable bonds is 1. The highest BCUT2D eigenvalue weighted by molar-refractivity contribution is 5.92. The van der Waals surface area contributed by atoms with Crippen molar-refractivity contribution >= 4 is 22.4 Å². The second-order valence-electron chi connectivity index (χ2n) is 4.37. The molecule has 0 radical (unpaired) electrons. The van der Waals surface area contributed by atoms with E-state index in [2.05, 4.69) is 16.0 Å². The van der Waals surface area contributed by atoms with Gasteiger partial charge in [0, 0.05) is 43.2 Å². The molecule has 2 heterocycles. The summed E-state index contributed by atoms with van der Waals surface area (Å²) in [7, 11) is 0. The Balaban J connectivity index is 2.02. The van der Waals surface area contributed by atoms with Crippen LogP contribution in [0.15, 0.2) is 36.5 Å². The molecule has 0 saturated carbocycles. The minimum absolute atomic E-state index is 0.375. The number of aromatic nitrogens is 1. The molecule has 2 aromatic rings. The number of hydrogen-bond donors (Lipinski definition) is 0. The molecule has 0 amide bonds. The van der Waals surface area contributed by atoms with Gasteiger partial charge in [-0.25, -0.2) is 0 Å². The third-order valence-corrected chi connectivity index (χ3v) is 3.29. The van der Waals surface area contributed by atoms with Crippen LogP contribution in [0.1, 0.15) is 12.8 Å². The van der Waals surface area contributed by atoms with E-state index < -0.39 is 0 Å². The zero-order valence-corrected chi connectivity index (χ0v) is 9.60. The first-order valence-corrected chi connectivity index (χ1v) is 5.95. The highest BCUT2D eigenvalue weighted by Gasteiger charge is 2.17. The Morgan fingerprint density at radius 1 is 1.06 bits per heavy atom. The number of carbonyl (C=O) groups excluding carboxylic acids is 1. The SMILES string of the molecule is O=C1CCN(c2ccnc3ccccc23)CC1. The maximum absolute atomic E-state index is 11.3. The van der Waals surface area contributed by atoms with E-state index in [0.717, 1.165) is 18.6 Å². The van der Waals surface area contributed by atoms with E-state index in [1.54, 1.807) is 0 Å². The topological polar surface area (TPSA) is 33.2 Å². The van der Waals surface area contributed by atoms with Crippen molar-refractivity contribution in [1.29, 1.82) is 0 Å². The van der Waals surface area contributed by atoms with Crippen molar-refractivity contribution in [2.24, 2.45) is 0 Å². The van der Waals surface area contributed by atoms with Crippen LogP contribution < -0.4 is 4.90 Å². The van der Waals surface area contributed by atoms with E-state index in [9.17, 15) is 4.79 Å². The minimum atomic E-state index is 0.375. The van der Waals surface area contributed by atoms with Crippen LogP contribution in [-0.2, 0) is 4.79 Å². The molecule has 3 nitrogen and oxygen atoms in total. The van der Waals surface area contributed by atoms with Crippen LogP contribution in [0.5, 0.6) is 0 Å². The largest absolute Gasteiger partial charge is 0.370 e. The van der Waals surface area contributed by atoms with Gasteiger partial charge < -0.3 is 4.90 Å². The van der Waals surface area contributed by atoms with Crippen molar-refractivity contribution in [3.8, 4) is 0 Å². The van der Waals surface area contributed by atoms with Gasteiger partial charge in [-0.3, -0.25) is 9.78 Å². The van der Waals surface area contributed by atoms with Crippen molar-refractivity contribution in [3.05, 3.63) is 36.5 Å². The smallest absolute Gasteiger partial charge is 0.136 e. The number of benzene rings is 1. The van der Waals surface area contributed by atoms with Gasteiger partial charge in [0.15, 0.2) is 0 Å². The fraction of sp³-hybridized carbons (Fsp3) is 0.286. The van der Waals surface area contributed by atoms with E-state index in [1.165, 1.54) is 11.1 Å². The Bertz CT molecular complexity index is 550. The minimum Gasteiger partial charge on any atom is -0.370 e. The lowest BCUT2D eigenvalue weighted by Crippen LogP contribution is -2.33. The normalized spacial score (nSPS) is 16.5. The first-order valence-electron chi connectivity index (χ1n) is 5.95. The molecule has 0 bridgehead atoms. The quantitative estimate of drug-likeness (QED) is 0.748. The predicted octanol–water partition coefficient (Wildman–Crippen LogP) is 2.40. The van der Waals surface area contributed by atoms with Gasteiger partial charge in [-0.2, -0.15) is 0 Å². The van der Waals surface area contributed by atoms with Crippen LogP contribution in [-0.4, -0.2) is 23.9 Å². The van der Waals surface area contributed by atoms with Crippen LogP contribution in [0.4, 0.5) is 5.69 Å². The Hall–Kier alpha value is -1.90. The summed E-state index contributed by atoms with van der Waals surface area (Å²) >= 11 is 0. The zero-order valence-electron chi connectivity index (χ0n) is 9.60. The Morgan fingerprint density at radius 2 is 1.82 bits per heavy atom. The van der Waals surface area contributed by atoms with Crippen LogP contribution in [0.25, 0.3) is 10.9 Å². The molecule has 0 aliphatic carbocycles. The molecule has 0 unspecified atom stereocenters. The summed E-state index contributed by atoms with van der Waals surface area (Å²) in [6.07, 6.45) is 3.17. The lowest BCUT2D eigenvalue weighted by molar-refractivity contribution is -0.119. The number of carbonyl (C=O) groups is 1. The average molecular weight is 226 g/mol. The predicted molar refractivity (Wildman–Crippen MR) is 68.2 cm³/mol. The summed E-state index contributed by atoms with van der Waals surface area (Å²) in [5, 5.41) is 1.17. The number of ketones is 1. The molecule has 1 aromatic heterocycles. The Kier molecular flexibility index (Phi) is 2.52. The fourth-order valence-electron chi connectivity index (χ4n) is 2.35. The highest BCUT2D eigenvalue weighted by atomic mass is 16.1. The maximum Gasteiger partial charge on any atom is 0.136 e. The van der Waals surface area contributed by atoms with Gasteiger partial charge in [0.25, 0.3) is 0 Å². The molecule has 1 fully saturated rings. The molecular weight excluding hydrogens is 212 g/mol. The molecule has 0 spiro atoms. The molecule has 1 aliphatic heterocycles. The van der Waals surface area contributed by atoms with Gasteiger partial charge in [-0.15, -0.1) is 0 Å². The number of Topliss-reactive ketones (excluding diaryl/α,β-unsaturated/α-hetero) is 1. The van der Waals surface area contributed by atoms with Crippen molar-refractivity contribution in [2.45, 2.75) is 12.8 Å². The summed E-state index contributed by atoms with van der Waals surface area (Å²) in [5.74, 6) is 0.375. The van der Waals surface area contributed by atoms with Crippen molar-refractivity contribution < 1.29 is 4.79 Å².